The van der Waals surface area contributed by atoms with Gasteiger partial charge >= 0.3 is 5.97 Å². The third kappa shape index (κ3) is 3.30. The van der Waals surface area contributed by atoms with Gasteiger partial charge in [0.05, 0.1) is 5.92 Å². The van der Waals surface area contributed by atoms with Crippen molar-refractivity contribution >= 4 is 27.8 Å². The molecule has 2 aromatic rings. The standard InChI is InChI=1S/C15H16BrN3O3/c1-19(2)15-17-13(22-18-15)8-21-14(20)12-7-11(12)9-3-5-10(16)6-4-9/h3-6,11-12H,7-8H2,1-2H3/t11-,12-/m0/s1. The molecule has 0 N–H and O–H groups in total. The van der Waals surface area contributed by atoms with E-state index in [-0.39, 0.29) is 24.4 Å². The smallest absolute Gasteiger partial charge is 0.310 e. The maximum atomic E-state index is 12.0. The van der Waals surface area contributed by atoms with Crippen molar-refractivity contribution in [3.8, 4) is 0 Å². The molecule has 1 aliphatic carbocycles. The molecule has 2 atom stereocenters. The summed E-state index contributed by atoms with van der Waals surface area (Å²) in [6.45, 7) is 0.0171. The Morgan fingerprint density at radius 2 is 2.14 bits per heavy atom. The quantitative estimate of drug-likeness (QED) is 0.758. The van der Waals surface area contributed by atoms with Crippen LogP contribution in [0.4, 0.5) is 5.95 Å². The molecular weight excluding hydrogens is 350 g/mol. The normalized spacial score (nSPS) is 19.8. The highest BCUT2D eigenvalue weighted by molar-refractivity contribution is 9.10. The largest absolute Gasteiger partial charge is 0.455 e. The first-order chi connectivity index (χ1) is 10.5. The minimum absolute atomic E-state index is 0.0171. The van der Waals surface area contributed by atoms with Crippen LogP contribution in [0.3, 0.4) is 0 Å². The summed E-state index contributed by atoms with van der Waals surface area (Å²) in [4.78, 5) is 17.9. The summed E-state index contributed by atoms with van der Waals surface area (Å²) in [6.07, 6.45) is 0.827. The number of halogens is 1. The van der Waals surface area contributed by atoms with Gasteiger partial charge in [0.15, 0.2) is 6.61 Å². The highest BCUT2D eigenvalue weighted by Crippen LogP contribution is 2.48. The number of ether oxygens (including phenoxy) is 1. The first-order valence-electron chi connectivity index (χ1n) is 6.96. The summed E-state index contributed by atoms with van der Waals surface area (Å²) in [5, 5.41) is 3.77. The second-order valence-corrected chi connectivity index (χ2v) is 6.41. The summed E-state index contributed by atoms with van der Waals surface area (Å²) >= 11 is 3.40. The number of carbonyl (C=O) groups is 1. The summed E-state index contributed by atoms with van der Waals surface area (Å²) < 4.78 is 11.3. The van der Waals surface area contributed by atoms with E-state index < -0.39 is 0 Å². The first kappa shape index (κ1) is 15.0. The van der Waals surface area contributed by atoms with Gasteiger partial charge in [0.2, 0.25) is 0 Å². The molecule has 1 heterocycles. The van der Waals surface area contributed by atoms with Gasteiger partial charge in [-0.25, -0.2) is 0 Å². The number of hydrogen-bond donors (Lipinski definition) is 0. The average Bonchev–Trinajstić information content (AvgIpc) is 3.15. The maximum Gasteiger partial charge on any atom is 0.310 e. The lowest BCUT2D eigenvalue weighted by Gasteiger charge is -2.03. The highest BCUT2D eigenvalue weighted by Gasteiger charge is 2.45. The molecule has 116 valence electrons. The van der Waals surface area contributed by atoms with E-state index in [4.69, 9.17) is 9.26 Å². The summed E-state index contributed by atoms with van der Waals surface area (Å²) in [6, 6.07) is 8.03. The lowest BCUT2D eigenvalue weighted by Crippen LogP contribution is -2.11. The third-order valence-electron chi connectivity index (χ3n) is 3.59. The van der Waals surface area contributed by atoms with Gasteiger partial charge in [-0.2, -0.15) is 4.98 Å². The Balaban J connectivity index is 1.52. The van der Waals surface area contributed by atoms with Crippen LogP contribution < -0.4 is 4.90 Å². The van der Waals surface area contributed by atoms with Crippen LogP contribution >= 0.6 is 15.9 Å². The van der Waals surface area contributed by atoms with E-state index in [1.165, 1.54) is 0 Å². The van der Waals surface area contributed by atoms with Crippen molar-refractivity contribution in [2.24, 2.45) is 5.92 Å². The monoisotopic (exact) mass is 365 g/mol. The van der Waals surface area contributed by atoms with Gasteiger partial charge in [0, 0.05) is 18.6 Å². The van der Waals surface area contributed by atoms with E-state index in [1.54, 1.807) is 4.90 Å². The molecule has 0 amide bonds. The van der Waals surface area contributed by atoms with Crippen molar-refractivity contribution in [1.82, 2.24) is 10.1 Å². The van der Waals surface area contributed by atoms with Gasteiger partial charge in [0.1, 0.15) is 0 Å². The van der Waals surface area contributed by atoms with E-state index in [9.17, 15) is 4.79 Å². The first-order valence-corrected chi connectivity index (χ1v) is 7.76. The van der Waals surface area contributed by atoms with Gasteiger partial charge in [-0.05, 0) is 35.2 Å². The minimum Gasteiger partial charge on any atom is -0.455 e. The highest BCUT2D eigenvalue weighted by atomic mass is 79.9. The van der Waals surface area contributed by atoms with Crippen molar-refractivity contribution in [2.75, 3.05) is 19.0 Å². The number of hydrogen-bond acceptors (Lipinski definition) is 6. The number of esters is 1. The summed E-state index contributed by atoms with van der Waals surface area (Å²) in [5.74, 6) is 0.735. The number of carbonyl (C=O) groups excluding carboxylic acids is 1. The molecule has 1 fully saturated rings. The van der Waals surface area contributed by atoms with Gasteiger partial charge < -0.3 is 14.2 Å². The number of nitrogens with zero attached hydrogens (tertiary/aromatic N) is 3. The zero-order valence-corrected chi connectivity index (χ0v) is 13.9. The molecule has 1 saturated carbocycles. The molecule has 0 saturated heterocycles. The van der Waals surface area contributed by atoms with Crippen LogP contribution in [0.5, 0.6) is 0 Å². The molecule has 0 radical (unpaired) electrons. The lowest BCUT2D eigenvalue weighted by molar-refractivity contribution is -0.147. The fraction of sp³-hybridized carbons (Fsp3) is 0.400. The topological polar surface area (TPSA) is 68.5 Å². The van der Waals surface area contributed by atoms with Gasteiger partial charge in [-0.15, -0.1) is 0 Å². The summed E-state index contributed by atoms with van der Waals surface area (Å²) in [7, 11) is 3.63. The van der Waals surface area contributed by atoms with Crippen LogP contribution in [0, 0.1) is 5.92 Å². The van der Waals surface area contributed by atoms with Gasteiger partial charge in [-0.1, -0.05) is 28.1 Å². The van der Waals surface area contributed by atoms with E-state index >= 15 is 0 Å². The third-order valence-corrected chi connectivity index (χ3v) is 4.12. The predicted octanol–water partition coefficient (Wildman–Crippen LogP) is 2.75. The Bertz CT molecular complexity index is 669. The molecule has 22 heavy (non-hydrogen) atoms. The van der Waals surface area contributed by atoms with Gasteiger partial charge in [0.25, 0.3) is 11.8 Å². The van der Waals surface area contributed by atoms with E-state index in [1.807, 2.05) is 38.4 Å². The number of aromatic nitrogens is 2. The van der Waals surface area contributed by atoms with Gasteiger partial charge in [-0.3, -0.25) is 4.79 Å². The van der Waals surface area contributed by atoms with Crippen LogP contribution in [0.25, 0.3) is 0 Å². The Morgan fingerprint density at radius 1 is 1.41 bits per heavy atom. The fourth-order valence-electron chi connectivity index (χ4n) is 2.26. The molecular formula is C15H16BrN3O3. The lowest BCUT2D eigenvalue weighted by atomic mass is 10.1. The van der Waals surface area contributed by atoms with Crippen LogP contribution in [0.2, 0.25) is 0 Å². The molecule has 0 bridgehead atoms. The van der Waals surface area contributed by atoms with Crippen LogP contribution in [-0.2, 0) is 16.1 Å². The van der Waals surface area contributed by atoms with Crippen molar-refractivity contribution in [2.45, 2.75) is 18.9 Å². The van der Waals surface area contributed by atoms with Crippen molar-refractivity contribution in [3.05, 3.63) is 40.2 Å². The number of rotatable bonds is 5. The van der Waals surface area contributed by atoms with Crippen molar-refractivity contribution < 1.29 is 14.1 Å². The molecule has 1 aliphatic rings. The second kappa shape index (κ2) is 6.08. The fourth-order valence-corrected chi connectivity index (χ4v) is 2.52. The number of anilines is 1. The zero-order valence-electron chi connectivity index (χ0n) is 12.3. The zero-order chi connectivity index (χ0) is 15.7. The van der Waals surface area contributed by atoms with Crippen molar-refractivity contribution in [3.63, 3.8) is 0 Å². The van der Waals surface area contributed by atoms with E-state index in [2.05, 4.69) is 26.1 Å². The molecule has 1 aromatic heterocycles. The number of benzene rings is 1. The maximum absolute atomic E-state index is 12.0. The Morgan fingerprint density at radius 3 is 2.77 bits per heavy atom. The SMILES string of the molecule is CN(C)c1noc(COC(=O)[C@H]2C[C@H]2c2ccc(Br)cc2)n1. The van der Waals surface area contributed by atoms with Crippen molar-refractivity contribution in [1.29, 1.82) is 0 Å². The summed E-state index contributed by atoms with van der Waals surface area (Å²) in [5.41, 5.74) is 1.16. The van der Waals surface area contributed by atoms with Crippen LogP contribution in [0.15, 0.2) is 33.3 Å². The van der Waals surface area contributed by atoms with Crippen LogP contribution in [0.1, 0.15) is 23.8 Å². The molecule has 3 rings (SSSR count). The molecule has 0 spiro atoms. The Kier molecular flexibility index (Phi) is 4.15. The predicted molar refractivity (Wildman–Crippen MR) is 83.4 cm³/mol. The Labute approximate surface area is 136 Å². The average molecular weight is 366 g/mol. The Hall–Kier alpha value is -1.89. The van der Waals surface area contributed by atoms with Crippen LogP contribution in [-0.4, -0.2) is 30.2 Å². The molecule has 0 unspecified atom stereocenters. The minimum atomic E-state index is -0.211. The second-order valence-electron chi connectivity index (χ2n) is 5.49. The van der Waals surface area contributed by atoms with E-state index in [0.717, 1.165) is 16.5 Å². The molecule has 7 heteroatoms. The molecule has 1 aromatic carbocycles. The van der Waals surface area contributed by atoms with E-state index in [0.29, 0.717) is 11.8 Å². The molecule has 0 aliphatic heterocycles. The molecule has 6 nitrogen and oxygen atoms in total.